The molecule has 4 rings (SSSR count). The summed E-state index contributed by atoms with van der Waals surface area (Å²) in [5.41, 5.74) is 3.84. The molecular weight excluding hydrogens is 350 g/mol. The van der Waals surface area contributed by atoms with Crippen molar-refractivity contribution in [1.29, 1.82) is 0 Å². The van der Waals surface area contributed by atoms with Gasteiger partial charge in [0.2, 0.25) is 0 Å². The van der Waals surface area contributed by atoms with Crippen LogP contribution in [0.4, 0.5) is 0 Å². The third kappa shape index (κ3) is 3.39. The Bertz CT molecular complexity index is 1030. The maximum Gasteiger partial charge on any atom is 0.255 e. The molecule has 28 heavy (non-hydrogen) atoms. The van der Waals surface area contributed by atoms with Crippen LogP contribution in [0.1, 0.15) is 61.1 Å². The summed E-state index contributed by atoms with van der Waals surface area (Å²) >= 11 is 0. The van der Waals surface area contributed by atoms with E-state index in [9.17, 15) is 4.79 Å². The van der Waals surface area contributed by atoms with Crippen LogP contribution in [-0.2, 0) is 12.1 Å². The molecule has 0 aromatic carbocycles. The van der Waals surface area contributed by atoms with Gasteiger partial charge in [-0.25, -0.2) is 9.67 Å². The first-order valence-corrected chi connectivity index (χ1v) is 9.84. The van der Waals surface area contributed by atoms with Gasteiger partial charge in [-0.15, -0.1) is 0 Å². The second-order valence-electron chi connectivity index (χ2n) is 8.66. The predicted octanol–water partition coefficient (Wildman–Crippen LogP) is 4.00. The highest BCUT2D eigenvalue weighted by molar-refractivity contribution is 6.06. The number of aryl methyl sites for hydroxylation is 2. The lowest BCUT2D eigenvalue weighted by molar-refractivity contribution is 0.0729. The Morgan fingerprint density at radius 1 is 1.25 bits per heavy atom. The number of fused-ring (bicyclic) bond motifs is 1. The zero-order valence-electron chi connectivity index (χ0n) is 17.2. The standard InChI is InChI=1S/C22H27N5O/c1-14-12-18(19-15(2)25-27(20(19)24-14)22(3,4)5)21(28)26(17-9-10-17)13-16-8-6-7-11-23-16/h6-8,11-12,17H,9-10,13H2,1-5H3. The molecule has 0 unspecified atom stereocenters. The average molecular weight is 377 g/mol. The van der Waals surface area contributed by atoms with E-state index in [1.807, 2.05) is 47.7 Å². The topological polar surface area (TPSA) is 63.9 Å². The van der Waals surface area contributed by atoms with Crippen LogP contribution in [0.15, 0.2) is 30.5 Å². The predicted molar refractivity (Wildman–Crippen MR) is 109 cm³/mol. The van der Waals surface area contributed by atoms with E-state index in [0.29, 0.717) is 12.1 Å². The van der Waals surface area contributed by atoms with Crippen LogP contribution >= 0.6 is 0 Å². The molecule has 6 nitrogen and oxygen atoms in total. The maximum atomic E-state index is 13.6. The number of hydrogen-bond donors (Lipinski definition) is 0. The molecule has 1 amide bonds. The summed E-state index contributed by atoms with van der Waals surface area (Å²) < 4.78 is 1.93. The highest BCUT2D eigenvalue weighted by Gasteiger charge is 2.35. The molecule has 1 fully saturated rings. The molecule has 0 radical (unpaired) electrons. The molecule has 0 saturated heterocycles. The van der Waals surface area contributed by atoms with Crippen molar-refractivity contribution in [1.82, 2.24) is 24.6 Å². The van der Waals surface area contributed by atoms with Gasteiger partial charge in [0, 0.05) is 17.9 Å². The fraction of sp³-hybridized carbons (Fsp3) is 0.455. The van der Waals surface area contributed by atoms with Crippen molar-refractivity contribution in [3.63, 3.8) is 0 Å². The molecule has 0 N–H and O–H groups in total. The summed E-state index contributed by atoms with van der Waals surface area (Å²) in [6.07, 6.45) is 3.87. The summed E-state index contributed by atoms with van der Waals surface area (Å²) in [4.78, 5) is 24.7. The van der Waals surface area contributed by atoms with Crippen molar-refractivity contribution in [2.24, 2.45) is 0 Å². The van der Waals surface area contributed by atoms with Crippen molar-refractivity contribution in [3.8, 4) is 0 Å². The normalized spacial score (nSPS) is 14.5. The number of rotatable bonds is 4. The number of hydrogen-bond acceptors (Lipinski definition) is 4. The van der Waals surface area contributed by atoms with Gasteiger partial charge in [-0.3, -0.25) is 9.78 Å². The number of aromatic nitrogens is 4. The third-order valence-electron chi connectivity index (χ3n) is 5.11. The number of pyridine rings is 2. The van der Waals surface area contributed by atoms with E-state index in [1.165, 1.54) is 0 Å². The van der Waals surface area contributed by atoms with E-state index in [2.05, 4.69) is 25.8 Å². The van der Waals surface area contributed by atoms with Gasteiger partial charge in [0.25, 0.3) is 5.91 Å². The van der Waals surface area contributed by atoms with E-state index < -0.39 is 0 Å². The Labute approximate surface area is 165 Å². The number of nitrogens with zero attached hydrogens (tertiary/aromatic N) is 5. The Balaban J connectivity index is 1.81. The van der Waals surface area contributed by atoms with Crippen LogP contribution < -0.4 is 0 Å². The van der Waals surface area contributed by atoms with Crippen LogP contribution in [0, 0.1) is 13.8 Å². The molecule has 1 saturated carbocycles. The molecule has 146 valence electrons. The molecule has 1 aliphatic carbocycles. The van der Waals surface area contributed by atoms with Gasteiger partial charge in [-0.05, 0) is 65.7 Å². The van der Waals surface area contributed by atoms with E-state index in [4.69, 9.17) is 10.1 Å². The van der Waals surface area contributed by atoms with E-state index in [-0.39, 0.29) is 17.5 Å². The minimum absolute atomic E-state index is 0.0419. The van der Waals surface area contributed by atoms with Gasteiger partial charge < -0.3 is 4.90 Å². The molecule has 1 aliphatic rings. The number of carbonyl (C=O) groups is 1. The fourth-order valence-electron chi connectivity index (χ4n) is 3.62. The van der Waals surface area contributed by atoms with Crippen molar-refractivity contribution < 1.29 is 4.79 Å². The SMILES string of the molecule is Cc1cc(C(=O)N(Cc2ccccn2)C2CC2)c2c(C)nn(C(C)(C)C)c2n1. The molecule has 0 aliphatic heterocycles. The highest BCUT2D eigenvalue weighted by atomic mass is 16.2. The molecule has 6 heteroatoms. The van der Waals surface area contributed by atoms with Gasteiger partial charge in [0.1, 0.15) is 0 Å². The lowest BCUT2D eigenvalue weighted by atomic mass is 10.1. The van der Waals surface area contributed by atoms with Crippen LogP contribution in [0.5, 0.6) is 0 Å². The molecule has 3 heterocycles. The largest absolute Gasteiger partial charge is 0.330 e. The molecule has 0 spiro atoms. The Kier molecular flexibility index (Phi) is 4.44. The molecule has 3 aromatic rings. The summed E-state index contributed by atoms with van der Waals surface area (Å²) in [7, 11) is 0. The first-order valence-electron chi connectivity index (χ1n) is 9.84. The summed E-state index contributed by atoms with van der Waals surface area (Å²) in [6.45, 7) is 10.7. The fourth-order valence-corrected chi connectivity index (χ4v) is 3.62. The minimum atomic E-state index is -0.211. The zero-order valence-corrected chi connectivity index (χ0v) is 17.2. The summed E-state index contributed by atoms with van der Waals surface area (Å²) in [5, 5.41) is 5.58. The third-order valence-corrected chi connectivity index (χ3v) is 5.11. The van der Waals surface area contributed by atoms with Gasteiger partial charge in [-0.1, -0.05) is 6.07 Å². The maximum absolute atomic E-state index is 13.6. The Morgan fingerprint density at radius 2 is 2.00 bits per heavy atom. The van der Waals surface area contributed by atoms with Gasteiger partial charge >= 0.3 is 0 Å². The minimum Gasteiger partial charge on any atom is -0.330 e. The Hall–Kier alpha value is -2.76. The lowest BCUT2D eigenvalue weighted by Gasteiger charge is -2.23. The van der Waals surface area contributed by atoms with E-state index in [0.717, 1.165) is 41.0 Å². The molecular formula is C22H27N5O. The monoisotopic (exact) mass is 377 g/mol. The second kappa shape index (κ2) is 6.69. The molecule has 3 aromatic heterocycles. The second-order valence-corrected chi connectivity index (χ2v) is 8.66. The number of carbonyl (C=O) groups excluding carboxylic acids is 1. The first kappa shape index (κ1) is 18.6. The Morgan fingerprint density at radius 3 is 2.61 bits per heavy atom. The van der Waals surface area contributed by atoms with Gasteiger partial charge in [0.15, 0.2) is 5.65 Å². The molecule has 0 atom stereocenters. The van der Waals surface area contributed by atoms with Crippen molar-refractivity contribution in [2.75, 3.05) is 0 Å². The van der Waals surface area contributed by atoms with E-state index >= 15 is 0 Å². The van der Waals surface area contributed by atoms with Gasteiger partial charge in [0.05, 0.1) is 34.4 Å². The average Bonchev–Trinajstić information content (AvgIpc) is 3.42. The van der Waals surface area contributed by atoms with Crippen molar-refractivity contribution >= 4 is 16.9 Å². The molecule has 0 bridgehead atoms. The number of amides is 1. The van der Waals surface area contributed by atoms with Crippen molar-refractivity contribution in [2.45, 2.75) is 65.6 Å². The van der Waals surface area contributed by atoms with Crippen LogP contribution in [0.2, 0.25) is 0 Å². The quantitative estimate of drug-likeness (QED) is 0.689. The summed E-state index contributed by atoms with van der Waals surface area (Å²) in [5.74, 6) is 0.0419. The highest BCUT2D eigenvalue weighted by Crippen LogP contribution is 2.33. The van der Waals surface area contributed by atoms with Crippen LogP contribution in [-0.4, -0.2) is 36.6 Å². The zero-order chi connectivity index (χ0) is 20.1. The van der Waals surface area contributed by atoms with Crippen LogP contribution in [0.3, 0.4) is 0 Å². The smallest absolute Gasteiger partial charge is 0.255 e. The summed E-state index contributed by atoms with van der Waals surface area (Å²) in [6, 6.07) is 8.02. The van der Waals surface area contributed by atoms with E-state index in [1.54, 1.807) is 6.20 Å². The first-order chi connectivity index (χ1) is 13.3. The van der Waals surface area contributed by atoms with Crippen molar-refractivity contribution in [3.05, 3.63) is 53.1 Å². The lowest BCUT2D eigenvalue weighted by Crippen LogP contribution is -2.33. The van der Waals surface area contributed by atoms with Gasteiger partial charge in [-0.2, -0.15) is 5.10 Å². The van der Waals surface area contributed by atoms with Crippen LogP contribution in [0.25, 0.3) is 11.0 Å².